The zero-order valence-corrected chi connectivity index (χ0v) is 7.93. The molecule has 0 aromatic carbocycles. The molecule has 0 aromatic rings. The van der Waals surface area contributed by atoms with E-state index in [2.05, 4.69) is 0 Å². The van der Waals surface area contributed by atoms with E-state index in [0.717, 1.165) is 6.42 Å². The molecule has 10 heavy (non-hydrogen) atoms. The normalized spacial score (nSPS) is 13.1. The van der Waals surface area contributed by atoms with Crippen LogP contribution in [0.15, 0.2) is 0 Å². The summed E-state index contributed by atoms with van der Waals surface area (Å²) in [6.45, 7) is 1.92. The summed E-state index contributed by atoms with van der Waals surface area (Å²) in [6.07, 6.45) is 2.70. The number of carbonyl (C=O) groups is 1. The van der Waals surface area contributed by atoms with Crippen molar-refractivity contribution in [2.75, 3.05) is 12.0 Å². The smallest absolute Gasteiger partial charge is 0.160 e. The van der Waals surface area contributed by atoms with E-state index < -0.39 is 0 Å². The second kappa shape index (κ2) is 6.07. The largest absolute Gasteiger partial charge is 0.321 e. The fourth-order valence-electron chi connectivity index (χ4n) is 0.452. The van der Waals surface area contributed by atoms with Crippen LogP contribution in [0.25, 0.3) is 0 Å². The summed E-state index contributed by atoms with van der Waals surface area (Å²) < 4.78 is 0. The van der Waals surface area contributed by atoms with Gasteiger partial charge in [-0.05, 0) is 12.7 Å². The average Bonchev–Trinajstić information content (AvgIpc) is 1.98. The fourth-order valence-corrected chi connectivity index (χ4v) is 1.60. The quantitative estimate of drug-likeness (QED) is 0.646. The van der Waals surface area contributed by atoms with Crippen molar-refractivity contribution < 1.29 is 4.79 Å². The predicted octanol–water partition coefficient (Wildman–Crippen LogP) is 1.30. The lowest BCUT2D eigenvalue weighted by atomic mass is 10.2. The molecule has 60 valence electrons. The minimum Gasteiger partial charge on any atom is -0.321 e. The first-order valence-corrected chi connectivity index (χ1v) is 5.89. The van der Waals surface area contributed by atoms with Crippen molar-refractivity contribution >= 4 is 27.4 Å². The third-order valence-electron chi connectivity index (χ3n) is 1.17. The number of nitrogens with two attached hydrogens (primary N) is 1. The molecule has 0 fully saturated rings. The molecule has 0 saturated carbocycles. The van der Waals surface area contributed by atoms with Gasteiger partial charge in [0.05, 0.1) is 11.8 Å². The first-order chi connectivity index (χ1) is 4.72. The van der Waals surface area contributed by atoms with Crippen LogP contribution in [0, 0.1) is 0 Å². The Morgan fingerprint density at radius 2 is 2.30 bits per heavy atom. The second-order valence-corrected chi connectivity index (χ2v) is 4.47. The lowest BCUT2D eigenvalue weighted by Gasteiger charge is -2.04. The molecule has 2 N–H and O–H groups in total. The Kier molecular flexibility index (Phi) is 6.27. The minimum atomic E-state index is -0.250. The molecule has 0 aliphatic rings. The molecule has 4 heteroatoms. The van der Waals surface area contributed by atoms with Crippen molar-refractivity contribution in [2.24, 2.45) is 5.73 Å². The van der Waals surface area contributed by atoms with Crippen molar-refractivity contribution in [3.05, 3.63) is 0 Å². The van der Waals surface area contributed by atoms with Crippen LogP contribution in [-0.4, -0.2) is 23.8 Å². The lowest BCUT2D eigenvalue weighted by molar-refractivity contribution is -0.117. The highest BCUT2D eigenvalue weighted by molar-refractivity contribution is 8.76. The monoisotopic (exact) mass is 179 g/mol. The van der Waals surface area contributed by atoms with E-state index >= 15 is 0 Å². The van der Waals surface area contributed by atoms with E-state index in [9.17, 15) is 4.79 Å². The van der Waals surface area contributed by atoms with Crippen LogP contribution in [-0.2, 0) is 4.79 Å². The van der Waals surface area contributed by atoms with Crippen LogP contribution in [0.3, 0.4) is 0 Å². The average molecular weight is 179 g/mol. The zero-order chi connectivity index (χ0) is 7.98. The van der Waals surface area contributed by atoms with E-state index in [1.165, 1.54) is 0 Å². The molecule has 2 nitrogen and oxygen atoms in total. The highest BCUT2D eigenvalue weighted by atomic mass is 33.1. The van der Waals surface area contributed by atoms with E-state index in [1.54, 1.807) is 21.6 Å². The van der Waals surface area contributed by atoms with Gasteiger partial charge in [-0.3, -0.25) is 4.79 Å². The van der Waals surface area contributed by atoms with Crippen LogP contribution in [0.5, 0.6) is 0 Å². The van der Waals surface area contributed by atoms with Gasteiger partial charge in [0, 0.05) is 0 Å². The van der Waals surface area contributed by atoms with Crippen LogP contribution in [0.4, 0.5) is 0 Å². The molecule has 0 heterocycles. The Hall–Kier alpha value is 0.330. The topological polar surface area (TPSA) is 43.1 Å². The molecule has 1 atom stereocenters. The third kappa shape index (κ3) is 4.19. The van der Waals surface area contributed by atoms with Crippen molar-refractivity contribution in [2.45, 2.75) is 19.4 Å². The molecule has 0 spiro atoms. The molecule has 0 saturated heterocycles. The van der Waals surface area contributed by atoms with Crippen LogP contribution in [0.2, 0.25) is 0 Å². The van der Waals surface area contributed by atoms with Gasteiger partial charge in [0.25, 0.3) is 0 Å². The summed E-state index contributed by atoms with van der Waals surface area (Å²) in [5.74, 6) is 0.692. The van der Waals surface area contributed by atoms with Crippen molar-refractivity contribution in [3.8, 4) is 0 Å². The Morgan fingerprint density at radius 3 is 2.70 bits per heavy atom. The summed E-state index contributed by atoms with van der Waals surface area (Å²) in [5, 5.41) is 0. The maximum Gasteiger partial charge on any atom is 0.160 e. The molecule has 0 rings (SSSR count). The maximum absolute atomic E-state index is 11.0. The number of ketones is 1. The number of rotatable bonds is 5. The maximum atomic E-state index is 11.0. The van der Waals surface area contributed by atoms with Gasteiger partial charge < -0.3 is 5.73 Å². The van der Waals surface area contributed by atoms with Gasteiger partial charge in [-0.2, -0.15) is 0 Å². The lowest BCUT2D eigenvalue weighted by Crippen LogP contribution is -2.30. The molecule has 0 aromatic heterocycles. The van der Waals surface area contributed by atoms with E-state index in [0.29, 0.717) is 5.75 Å². The molecule has 1 unspecified atom stereocenters. The number of hydrogen-bond acceptors (Lipinski definition) is 4. The summed E-state index contributed by atoms with van der Waals surface area (Å²) in [5.41, 5.74) is 5.49. The second-order valence-electron chi connectivity index (χ2n) is 1.91. The Labute approximate surface area is 69.7 Å². The van der Waals surface area contributed by atoms with Gasteiger partial charge >= 0.3 is 0 Å². The van der Waals surface area contributed by atoms with Gasteiger partial charge in [0.2, 0.25) is 0 Å². The number of hydrogen-bond donors (Lipinski definition) is 1. The minimum absolute atomic E-state index is 0.154. The molecular weight excluding hydrogens is 166 g/mol. The first-order valence-electron chi connectivity index (χ1n) is 3.16. The van der Waals surface area contributed by atoms with E-state index in [4.69, 9.17) is 5.73 Å². The van der Waals surface area contributed by atoms with Gasteiger partial charge in [0.1, 0.15) is 0 Å². The molecule has 0 amide bonds. The Balaban J connectivity index is 3.42. The van der Waals surface area contributed by atoms with Crippen molar-refractivity contribution in [1.29, 1.82) is 0 Å². The van der Waals surface area contributed by atoms with Crippen LogP contribution < -0.4 is 5.73 Å². The molecular formula is C6H13NOS2. The van der Waals surface area contributed by atoms with Crippen LogP contribution >= 0.6 is 21.6 Å². The number of carbonyl (C=O) groups excluding carboxylic acids is 1. The van der Waals surface area contributed by atoms with Gasteiger partial charge in [-0.1, -0.05) is 28.5 Å². The van der Waals surface area contributed by atoms with E-state index in [-0.39, 0.29) is 11.8 Å². The molecule has 0 aliphatic carbocycles. The predicted molar refractivity (Wildman–Crippen MR) is 49.2 cm³/mol. The zero-order valence-electron chi connectivity index (χ0n) is 6.29. The van der Waals surface area contributed by atoms with Crippen molar-refractivity contribution in [1.82, 2.24) is 0 Å². The fraction of sp³-hybridized carbons (Fsp3) is 0.833. The highest BCUT2D eigenvalue weighted by Crippen LogP contribution is 2.16. The summed E-state index contributed by atoms with van der Waals surface area (Å²) in [7, 11) is 3.15. The third-order valence-corrected chi connectivity index (χ3v) is 2.87. The standard InChI is InChI=1S/C6H13NOS2/c1-3-5(7)6(8)4-10-9-2/h5H,3-4,7H2,1-2H3. The molecule has 0 aliphatic heterocycles. The van der Waals surface area contributed by atoms with Gasteiger partial charge in [-0.25, -0.2) is 0 Å². The van der Waals surface area contributed by atoms with Crippen molar-refractivity contribution in [3.63, 3.8) is 0 Å². The first kappa shape index (κ1) is 10.3. The Bertz CT molecular complexity index is 108. The highest BCUT2D eigenvalue weighted by Gasteiger charge is 2.09. The van der Waals surface area contributed by atoms with Gasteiger partial charge in [-0.15, -0.1) is 0 Å². The molecule has 0 bridgehead atoms. The van der Waals surface area contributed by atoms with Crippen LogP contribution in [0.1, 0.15) is 13.3 Å². The SMILES string of the molecule is CCC(N)C(=O)CSSC. The number of Topliss-reactive ketones (excluding diaryl/α,β-unsaturated/α-hetero) is 1. The summed E-state index contributed by atoms with van der Waals surface area (Å²) >= 11 is 0. The summed E-state index contributed by atoms with van der Waals surface area (Å²) in [4.78, 5) is 11.0. The molecule has 0 radical (unpaired) electrons. The summed E-state index contributed by atoms with van der Waals surface area (Å²) in [6, 6.07) is -0.250. The van der Waals surface area contributed by atoms with Gasteiger partial charge in [0.15, 0.2) is 5.78 Å². The van der Waals surface area contributed by atoms with E-state index in [1.807, 2.05) is 13.2 Å². The Morgan fingerprint density at radius 1 is 1.70 bits per heavy atom.